The van der Waals surface area contributed by atoms with E-state index in [1.807, 2.05) is 30.3 Å². The number of hydrogen-bond donors (Lipinski definition) is 2. The van der Waals surface area contributed by atoms with Crippen molar-refractivity contribution in [3.63, 3.8) is 0 Å². The number of rotatable bonds is 6. The summed E-state index contributed by atoms with van der Waals surface area (Å²) in [5, 5.41) is 9.69. The number of nitrogens with zero attached hydrogens (tertiary/aromatic N) is 2. The molecule has 0 aliphatic carbocycles. The maximum atomic E-state index is 13.4. The molecule has 1 aromatic heterocycles. The second kappa shape index (κ2) is 9.25. The smallest absolute Gasteiger partial charge is 0.387 e. The Morgan fingerprint density at radius 2 is 1.53 bits per heavy atom. The van der Waals surface area contributed by atoms with Crippen molar-refractivity contribution >= 4 is 17.4 Å². The molecule has 0 atom stereocenters. The molecule has 3 aromatic carbocycles. The SMILES string of the molecule is O=C(Nc1ccccc1OC(F)F)Nc1cn(-c2ccccc2)nc1-c1ccc(F)cc1. The third-order valence-corrected chi connectivity index (χ3v) is 4.45. The largest absolute Gasteiger partial charge is 0.433 e. The van der Waals surface area contributed by atoms with Crippen molar-refractivity contribution in [2.24, 2.45) is 0 Å². The van der Waals surface area contributed by atoms with Crippen LogP contribution in [0.5, 0.6) is 5.75 Å². The van der Waals surface area contributed by atoms with Gasteiger partial charge < -0.3 is 15.4 Å². The summed E-state index contributed by atoms with van der Waals surface area (Å²) in [4.78, 5) is 12.6. The van der Waals surface area contributed by atoms with Crippen LogP contribution in [0.3, 0.4) is 0 Å². The van der Waals surface area contributed by atoms with Gasteiger partial charge in [-0.2, -0.15) is 13.9 Å². The molecule has 9 heteroatoms. The van der Waals surface area contributed by atoms with E-state index >= 15 is 0 Å². The van der Waals surface area contributed by atoms with Crippen molar-refractivity contribution in [3.05, 3.63) is 90.9 Å². The lowest BCUT2D eigenvalue weighted by atomic mass is 10.1. The number of ether oxygens (including phenoxy) is 1. The monoisotopic (exact) mass is 438 g/mol. The topological polar surface area (TPSA) is 68.2 Å². The molecule has 0 radical (unpaired) electrons. The summed E-state index contributed by atoms with van der Waals surface area (Å²) in [6.45, 7) is -3.03. The van der Waals surface area contributed by atoms with Gasteiger partial charge in [-0.05, 0) is 48.5 Å². The molecular weight excluding hydrogens is 421 g/mol. The van der Waals surface area contributed by atoms with E-state index in [4.69, 9.17) is 0 Å². The molecule has 2 amide bonds. The molecule has 0 spiro atoms. The first kappa shape index (κ1) is 21.0. The zero-order chi connectivity index (χ0) is 22.5. The van der Waals surface area contributed by atoms with Crippen molar-refractivity contribution in [2.75, 3.05) is 10.6 Å². The zero-order valence-electron chi connectivity index (χ0n) is 16.5. The Morgan fingerprint density at radius 1 is 0.875 bits per heavy atom. The molecule has 0 bridgehead atoms. The van der Waals surface area contributed by atoms with E-state index in [2.05, 4.69) is 20.5 Å². The molecule has 6 nitrogen and oxygen atoms in total. The highest BCUT2D eigenvalue weighted by atomic mass is 19.3. The van der Waals surface area contributed by atoms with Crippen molar-refractivity contribution in [1.82, 2.24) is 9.78 Å². The minimum Gasteiger partial charge on any atom is -0.433 e. The Balaban J connectivity index is 1.63. The van der Waals surface area contributed by atoms with Gasteiger partial charge in [0.05, 0.1) is 23.3 Å². The lowest BCUT2D eigenvalue weighted by Crippen LogP contribution is -2.20. The van der Waals surface area contributed by atoms with Crippen LogP contribution in [0, 0.1) is 5.82 Å². The number of carbonyl (C=O) groups excluding carboxylic acids is 1. The van der Waals surface area contributed by atoms with Crippen molar-refractivity contribution in [2.45, 2.75) is 6.61 Å². The molecule has 0 aliphatic rings. The first-order valence-corrected chi connectivity index (χ1v) is 9.52. The minimum atomic E-state index is -3.03. The Bertz CT molecular complexity index is 1210. The summed E-state index contributed by atoms with van der Waals surface area (Å²) >= 11 is 0. The van der Waals surface area contributed by atoms with Crippen LogP contribution in [0.2, 0.25) is 0 Å². The second-order valence-electron chi connectivity index (χ2n) is 6.63. The summed E-state index contributed by atoms with van der Waals surface area (Å²) in [7, 11) is 0. The lowest BCUT2D eigenvalue weighted by Gasteiger charge is -2.12. The van der Waals surface area contributed by atoms with E-state index in [0.717, 1.165) is 5.69 Å². The second-order valence-corrected chi connectivity index (χ2v) is 6.63. The number of anilines is 2. The number of para-hydroxylation sites is 3. The average molecular weight is 438 g/mol. The summed E-state index contributed by atoms with van der Waals surface area (Å²) in [5.41, 5.74) is 2.15. The van der Waals surface area contributed by atoms with Crippen LogP contribution in [0.1, 0.15) is 0 Å². The van der Waals surface area contributed by atoms with Crippen LogP contribution in [0.15, 0.2) is 85.1 Å². The molecule has 0 unspecified atom stereocenters. The zero-order valence-corrected chi connectivity index (χ0v) is 16.5. The molecule has 0 aliphatic heterocycles. The number of benzene rings is 3. The lowest BCUT2D eigenvalue weighted by molar-refractivity contribution is -0.0493. The summed E-state index contributed by atoms with van der Waals surface area (Å²) in [6, 6.07) is 20.0. The Morgan fingerprint density at radius 3 is 2.25 bits per heavy atom. The first-order valence-electron chi connectivity index (χ1n) is 9.52. The maximum absolute atomic E-state index is 13.4. The van der Waals surface area contributed by atoms with Crippen molar-refractivity contribution < 1.29 is 22.7 Å². The molecular formula is C23H17F3N4O2. The maximum Gasteiger partial charge on any atom is 0.387 e. The number of hydrogen-bond acceptors (Lipinski definition) is 3. The molecule has 0 fully saturated rings. The van der Waals surface area contributed by atoms with Crippen LogP contribution in [0.25, 0.3) is 16.9 Å². The molecule has 4 rings (SSSR count). The fraction of sp³-hybridized carbons (Fsp3) is 0.0435. The van der Waals surface area contributed by atoms with E-state index in [0.29, 0.717) is 16.9 Å². The average Bonchev–Trinajstić information content (AvgIpc) is 3.19. The molecule has 162 valence electrons. The van der Waals surface area contributed by atoms with Gasteiger partial charge in [0.2, 0.25) is 0 Å². The van der Waals surface area contributed by atoms with E-state index in [9.17, 15) is 18.0 Å². The molecule has 0 saturated heterocycles. The highest BCUT2D eigenvalue weighted by Gasteiger charge is 2.17. The van der Waals surface area contributed by atoms with Gasteiger partial charge in [-0.15, -0.1) is 0 Å². The third kappa shape index (κ3) is 4.89. The van der Waals surface area contributed by atoms with Crippen LogP contribution < -0.4 is 15.4 Å². The number of carbonyl (C=O) groups is 1. The summed E-state index contributed by atoms with van der Waals surface area (Å²) < 4.78 is 44.6. The van der Waals surface area contributed by atoms with Crippen LogP contribution >= 0.6 is 0 Å². The first-order chi connectivity index (χ1) is 15.5. The van der Waals surface area contributed by atoms with E-state index in [-0.39, 0.29) is 11.4 Å². The van der Waals surface area contributed by atoms with Crippen LogP contribution in [0.4, 0.5) is 29.3 Å². The van der Waals surface area contributed by atoms with Crippen LogP contribution in [-0.4, -0.2) is 22.4 Å². The fourth-order valence-electron chi connectivity index (χ4n) is 3.04. The minimum absolute atomic E-state index is 0.0732. The van der Waals surface area contributed by atoms with Gasteiger partial charge in [-0.25, -0.2) is 13.9 Å². The highest BCUT2D eigenvalue weighted by Crippen LogP contribution is 2.29. The number of urea groups is 1. The molecule has 4 aromatic rings. The molecule has 1 heterocycles. The number of nitrogens with one attached hydrogen (secondary N) is 2. The van der Waals surface area contributed by atoms with Crippen LogP contribution in [-0.2, 0) is 0 Å². The molecule has 2 N–H and O–H groups in total. The standard InChI is InChI=1S/C23H17F3N4O2/c24-16-12-10-15(11-13-16)21-19(14-30(29-21)17-6-2-1-3-7-17)28-23(31)27-18-8-4-5-9-20(18)32-22(25)26/h1-14,22H,(H2,27,28,31). The summed E-state index contributed by atoms with van der Waals surface area (Å²) in [5.74, 6) is -0.574. The normalized spacial score (nSPS) is 10.8. The number of aromatic nitrogens is 2. The molecule has 32 heavy (non-hydrogen) atoms. The summed E-state index contributed by atoms with van der Waals surface area (Å²) in [6.07, 6.45) is 1.61. The fourth-order valence-corrected chi connectivity index (χ4v) is 3.04. The van der Waals surface area contributed by atoms with Gasteiger partial charge in [0.15, 0.2) is 0 Å². The van der Waals surface area contributed by atoms with Gasteiger partial charge in [-0.1, -0.05) is 30.3 Å². The van der Waals surface area contributed by atoms with Gasteiger partial charge in [0.25, 0.3) is 0 Å². The highest BCUT2D eigenvalue weighted by molar-refractivity contribution is 6.02. The third-order valence-electron chi connectivity index (χ3n) is 4.45. The Kier molecular flexibility index (Phi) is 6.07. The van der Waals surface area contributed by atoms with E-state index < -0.39 is 18.5 Å². The van der Waals surface area contributed by atoms with Crippen molar-refractivity contribution in [1.29, 1.82) is 0 Å². The van der Waals surface area contributed by atoms with E-state index in [1.54, 1.807) is 29.1 Å². The van der Waals surface area contributed by atoms with Gasteiger partial charge >= 0.3 is 12.6 Å². The molecule has 0 saturated carbocycles. The number of amides is 2. The van der Waals surface area contributed by atoms with Gasteiger partial charge in [-0.3, -0.25) is 0 Å². The van der Waals surface area contributed by atoms with E-state index in [1.165, 1.54) is 30.3 Å². The Hall–Kier alpha value is -4.27. The predicted octanol–water partition coefficient (Wildman–Crippen LogP) is 5.92. The van der Waals surface area contributed by atoms with Gasteiger partial charge in [0.1, 0.15) is 17.3 Å². The van der Waals surface area contributed by atoms with Gasteiger partial charge in [0, 0.05) is 5.56 Å². The number of alkyl halides is 2. The Labute approximate surface area is 181 Å². The van der Waals surface area contributed by atoms with Crippen molar-refractivity contribution in [3.8, 4) is 22.7 Å². The quantitative estimate of drug-likeness (QED) is 0.392. The predicted molar refractivity (Wildman–Crippen MR) is 115 cm³/mol. The number of halogens is 3.